The summed E-state index contributed by atoms with van der Waals surface area (Å²) in [5, 5.41) is 33.8. The lowest BCUT2D eigenvalue weighted by molar-refractivity contribution is -0.141. The van der Waals surface area contributed by atoms with Crippen LogP contribution in [0.4, 0.5) is 0 Å². The van der Waals surface area contributed by atoms with Crippen LogP contribution in [0.2, 0.25) is 0 Å². The molecule has 11 heteroatoms. The molecule has 148 valence electrons. The normalized spacial score (nSPS) is 12.5. The molecule has 0 aromatic heterocycles. The molecule has 3 amide bonds. The third kappa shape index (κ3) is 8.16. The highest BCUT2D eigenvalue weighted by Gasteiger charge is 2.21. The summed E-state index contributed by atoms with van der Waals surface area (Å²) in [6, 6.07) is 3.47. The van der Waals surface area contributed by atoms with Crippen LogP contribution in [-0.2, 0) is 25.6 Å². The SMILES string of the molecule is NC(CO)C(=O)NCC(=O)NCC(=O)NC(Cc1ccc(O)cc1)C(=O)O. The van der Waals surface area contributed by atoms with Crippen LogP contribution in [0.3, 0.4) is 0 Å². The number of hydrogen-bond donors (Lipinski definition) is 7. The van der Waals surface area contributed by atoms with Crippen molar-refractivity contribution in [2.24, 2.45) is 5.73 Å². The van der Waals surface area contributed by atoms with Crippen LogP contribution >= 0.6 is 0 Å². The number of aliphatic hydroxyl groups excluding tert-OH is 1. The van der Waals surface area contributed by atoms with E-state index in [-0.39, 0.29) is 12.2 Å². The molecule has 0 aliphatic heterocycles. The number of aromatic hydroxyl groups is 1. The van der Waals surface area contributed by atoms with Gasteiger partial charge in [0.05, 0.1) is 19.7 Å². The Bertz CT molecular complexity index is 678. The first kappa shape index (κ1) is 21.9. The quantitative estimate of drug-likeness (QED) is 0.223. The number of carbonyl (C=O) groups excluding carboxylic acids is 3. The van der Waals surface area contributed by atoms with E-state index >= 15 is 0 Å². The molecule has 0 spiro atoms. The topological polar surface area (TPSA) is 191 Å². The summed E-state index contributed by atoms with van der Waals surface area (Å²) in [5.74, 6) is -3.36. The van der Waals surface area contributed by atoms with Gasteiger partial charge in [-0.3, -0.25) is 14.4 Å². The Hall–Kier alpha value is -3.18. The second-order valence-corrected chi connectivity index (χ2v) is 5.61. The molecule has 11 nitrogen and oxygen atoms in total. The van der Waals surface area contributed by atoms with Gasteiger partial charge in [-0.15, -0.1) is 0 Å². The molecule has 0 bridgehead atoms. The number of rotatable bonds is 10. The summed E-state index contributed by atoms with van der Waals surface area (Å²) in [5.41, 5.74) is 5.84. The van der Waals surface area contributed by atoms with Crippen molar-refractivity contribution in [2.45, 2.75) is 18.5 Å². The van der Waals surface area contributed by atoms with Gasteiger partial charge in [0.1, 0.15) is 17.8 Å². The Morgan fingerprint density at radius 3 is 2.15 bits per heavy atom. The maximum atomic E-state index is 11.8. The molecule has 27 heavy (non-hydrogen) atoms. The van der Waals surface area contributed by atoms with Gasteiger partial charge in [0.15, 0.2) is 0 Å². The molecule has 1 aromatic rings. The summed E-state index contributed by atoms with van der Waals surface area (Å²) in [6.45, 7) is -1.51. The van der Waals surface area contributed by atoms with Crippen LogP contribution in [0.1, 0.15) is 5.56 Å². The van der Waals surface area contributed by atoms with Crippen molar-refractivity contribution in [2.75, 3.05) is 19.7 Å². The van der Waals surface area contributed by atoms with Gasteiger partial charge in [-0.05, 0) is 17.7 Å². The van der Waals surface area contributed by atoms with E-state index in [0.717, 1.165) is 0 Å². The predicted octanol–water partition coefficient (Wildman–Crippen LogP) is -2.94. The molecule has 0 radical (unpaired) electrons. The maximum absolute atomic E-state index is 11.8. The summed E-state index contributed by atoms with van der Waals surface area (Å²) < 4.78 is 0. The van der Waals surface area contributed by atoms with Crippen molar-refractivity contribution in [3.8, 4) is 5.75 Å². The number of nitrogens with one attached hydrogen (secondary N) is 3. The summed E-state index contributed by atoms with van der Waals surface area (Å²) in [4.78, 5) is 46.0. The highest BCUT2D eigenvalue weighted by molar-refractivity contribution is 5.90. The van der Waals surface area contributed by atoms with Gasteiger partial charge in [-0.1, -0.05) is 12.1 Å². The van der Waals surface area contributed by atoms with E-state index < -0.39 is 55.5 Å². The van der Waals surface area contributed by atoms with Crippen LogP contribution in [0.25, 0.3) is 0 Å². The number of nitrogens with two attached hydrogens (primary N) is 1. The minimum Gasteiger partial charge on any atom is -0.508 e. The minimum atomic E-state index is -1.26. The van der Waals surface area contributed by atoms with Gasteiger partial charge >= 0.3 is 5.97 Å². The third-order valence-corrected chi connectivity index (χ3v) is 3.41. The van der Waals surface area contributed by atoms with Crippen molar-refractivity contribution >= 4 is 23.7 Å². The highest BCUT2D eigenvalue weighted by atomic mass is 16.4. The number of carbonyl (C=O) groups is 4. The maximum Gasteiger partial charge on any atom is 0.326 e. The fourth-order valence-electron chi connectivity index (χ4n) is 1.94. The fraction of sp³-hybridized carbons (Fsp3) is 0.375. The molecule has 0 aliphatic carbocycles. The zero-order chi connectivity index (χ0) is 20.4. The summed E-state index contributed by atoms with van der Waals surface area (Å²) in [7, 11) is 0. The first-order chi connectivity index (χ1) is 12.7. The molecule has 0 saturated carbocycles. The van der Waals surface area contributed by atoms with Crippen molar-refractivity contribution in [3.63, 3.8) is 0 Å². The van der Waals surface area contributed by atoms with E-state index in [1.165, 1.54) is 24.3 Å². The minimum absolute atomic E-state index is 0.00952. The van der Waals surface area contributed by atoms with Crippen LogP contribution < -0.4 is 21.7 Å². The number of aliphatic hydroxyl groups is 1. The number of benzene rings is 1. The van der Waals surface area contributed by atoms with Gasteiger partial charge in [0.25, 0.3) is 0 Å². The van der Waals surface area contributed by atoms with E-state index in [1.807, 2.05) is 0 Å². The average Bonchev–Trinajstić information content (AvgIpc) is 2.64. The number of amides is 3. The molecule has 2 atom stereocenters. The monoisotopic (exact) mass is 382 g/mol. The molecule has 2 unspecified atom stereocenters. The Balaban J connectivity index is 2.43. The number of phenols is 1. The zero-order valence-electron chi connectivity index (χ0n) is 14.3. The van der Waals surface area contributed by atoms with E-state index in [0.29, 0.717) is 5.56 Å². The van der Waals surface area contributed by atoms with Gasteiger partial charge in [-0.25, -0.2) is 4.79 Å². The summed E-state index contributed by atoms with van der Waals surface area (Å²) >= 11 is 0. The van der Waals surface area contributed by atoms with Crippen LogP contribution in [0.5, 0.6) is 5.75 Å². The smallest absolute Gasteiger partial charge is 0.326 e. The number of hydrogen-bond acceptors (Lipinski definition) is 7. The number of phenolic OH excluding ortho intramolecular Hbond substituents is 1. The van der Waals surface area contributed by atoms with Crippen molar-refractivity contribution < 1.29 is 34.5 Å². The van der Waals surface area contributed by atoms with Crippen molar-refractivity contribution in [1.29, 1.82) is 0 Å². The third-order valence-electron chi connectivity index (χ3n) is 3.41. The molecule has 1 rings (SSSR count). The molecule has 0 heterocycles. The molecule has 1 aromatic carbocycles. The lowest BCUT2D eigenvalue weighted by atomic mass is 10.1. The first-order valence-corrected chi connectivity index (χ1v) is 7.93. The van der Waals surface area contributed by atoms with Crippen LogP contribution in [0.15, 0.2) is 24.3 Å². The fourth-order valence-corrected chi connectivity index (χ4v) is 1.94. The van der Waals surface area contributed by atoms with E-state index in [2.05, 4.69) is 16.0 Å². The van der Waals surface area contributed by atoms with Crippen molar-refractivity contribution in [1.82, 2.24) is 16.0 Å². The predicted molar refractivity (Wildman–Crippen MR) is 92.5 cm³/mol. The van der Waals surface area contributed by atoms with E-state index in [4.69, 9.17) is 10.8 Å². The Morgan fingerprint density at radius 2 is 1.59 bits per heavy atom. The Labute approximate surface area is 154 Å². The van der Waals surface area contributed by atoms with Gasteiger partial charge < -0.3 is 37.0 Å². The lowest BCUT2D eigenvalue weighted by Crippen LogP contribution is -2.49. The Kier molecular flexibility index (Phi) is 8.69. The summed E-state index contributed by atoms with van der Waals surface area (Å²) in [6.07, 6.45) is -0.00952. The van der Waals surface area contributed by atoms with Crippen molar-refractivity contribution in [3.05, 3.63) is 29.8 Å². The second kappa shape index (κ2) is 10.7. The Morgan fingerprint density at radius 1 is 1.00 bits per heavy atom. The number of carboxylic acid groups (broad SMARTS) is 1. The van der Waals surface area contributed by atoms with Crippen LogP contribution in [0, 0.1) is 0 Å². The number of aliphatic carboxylic acids is 1. The molecular weight excluding hydrogens is 360 g/mol. The average molecular weight is 382 g/mol. The van der Waals surface area contributed by atoms with E-state index in [9.17, 15) is 29.4 Å². The largest absolute Gasteiger partial charge is 0.508 e. The molecule has 8 N–H and O–H groups in total. The molecule has 0 fully saturated rings. The highest BCUT2D eigenvalue weighted by Crippen LogP contribution is 2.11. The first-order valence-electron chi connectivity index (χ1n) is 7.93. The zero-order valence-corrected chi connectivity index (χ0v) is 14.3. The number of carboxylic acids is 1. The molecule has 0 aliphatic rings. The van der Waals surface area contributed by atoms with Gasteiger partial charge in [-0.2, -0.15) is 0 Å². The van der Waals surface area contributed by atoms with Crippen LogP contribution in [-0.4, -0.2) is 70.8 Å². The lowest BCUT2D eigenvalue weighted by Gasteiger charge is -2.15. The van der Waals surface area contributed by atoms with Gasteiger partial charge in [0, 0.05) is 6.42 Å². The van der Waals surface area contributed by atoms with Gasteiger partial charge in [0.2, 0.25) is 17.7 Å². The molecule has 0 saturated heterocycles. The van der Waals surface area contributed by atoms with E-state index in [1.54, 1.807) is 0 Å². The standard InChI is InChI=1S/C16H22N4O7/c17-11(8-21)15(25)19-6-13(23)18-7-14(24)20-12(16(26)27)5-9-1-3-10(22)4-2-9/h1-4,11-12,21-22H,5-8,17H2,(H,18,23)(H,19,25)(H,20,24)(H,26,27). The second-order valence-electron chi connectivity index (χ2n) is 5.61. The molecular formula is C16H22N4O7.